The molecule has 0 spiro atoms. The van der Waals surface area contributed by atoms with Crippen molar-refractivity contribution < 1.29 is 24.5 Å². The molecule has 0 aromatic rings. The SMILES string of the molecule is CCC1CC2CC1C(=O)O2.CC[C@@H]1C[C@H](O)C[C@@H]1C(=O)O. The molecule has 21 heavy (non-hydrogen) atoms. The highest BCUT2D eigenvalue weighted by Crippen LogP contribution is 2.42. The van der Waals surface area contributed by atoms with E-state index in [2.05, 4.69) is 6.92 Å². The van der Waals surface area contributed by atoms with Gasteiger partial charge in [0.1, 0.15) is 6.10 Å². The summed E-state index contributed by atoms with van der Waals surface area (Å²) in [6.45, 7) is 4.12. The average Bonchev–Trinajstić information content (AvgIpc) is 3.11. The highest BCUT2D eigenvalue weighted by atomic mass is 16.6. The molecule has 1 saturated heterocycles. The number of hydrogen-bond donors (Lipinski definition) is 2. The Kier molecular flexibility index (Phi) is 5.25. The van der Waals surface area contributed by atoms with E-state index < -0.39 is 5.97 Å². The molecule has 2 N–H and O–H groups in total. The van der Waals surface area contributed by atoms with Crippen LogP contribution >= 0.6 is 0 Å². The molecule has 120 valence electrons. The van der Waals surface area contributed by atoms with Crippen LogP contribution in [0.4, 0.5) is 0 Å². The van der Waals surface area contributed by atoms with Gasteiger partial charge in [-0.2, -0.15) is 0 Å². The fraction of sp³-hybridized carbons (Fsp3) is 0.875. The van der Waals surface area contributed by atoms with E-state index in [4.69, 9.17) is 9.84 Å². The molecule has 3 unspecified atom stereocenters. The van der Waals surface area contributed by atoms with Gasteiger partial charge in [-0.15, -0.1) is 0 Å². The fourth-order valence-corrected chi connectivity index (χ4v) is 4.01. The molecule has 5 nitrogen and oxygen atoms in total. The maximum Gasteiger partial charge on any atom is 0.309 e. The van der Waals surface area contributed by atoms with Crippen LogP contribution in [0.3, 0.4) is 0 Å². The number of carbonyl (C=O) groups excluding carboxylic acids is 1. The van der Waals surface area contributed by atoms with Crippen molar-refractivity contribution in [2.75, 3.05) is 0 Å². The van der Waals surface area contributed by atoms with Crippen molar-refractivity contribution >= 4 is 11.9 Å². The van der Waals surface area contributed by atoms with Crippen LogP contribution in [0, 0.1) is 23.7 Å². The van der Waals surface area contributed by atoms with Crippen molar-refractivity contribution in [1.82, 2.24) is 0 Å². The van der Waals surface area contributed by atoms with Gasteiger partial charge in [-0.3, -0.25) is 9.59 Å². The second-order valence-corrected chi connectivity index (χ2v) is 6.54. The molecular formula is C16H26O5. The van der Waals surface area contributed by atoms with Gasteiger partial charge >= 0.3 is 11.9 Å². The predicted molar refractivity (Wildman–Crippen MR) is 76.5 cm³/mol. The van der Waals surface area contributed by atoms with Crippen molar-refractivity contribution in [2.24, 2.45) is 23.7 Å². The fourth-order valence-electron chi connectivity index (χ4n) is 4.01. The highest BCUT2D eigenvalue weighted by Gasteiger charge is 2.46. The molecule has 3 aliphatic rings. The smallest absolute Gasteiger partial charge is 0.309 e. The van der Waals surface area contributed by atoms with Crippen LogP contribution in [-0.4, -0.2) is 34.4 Å². The molecule has 3 fully saturated rings. The Labute approximate surface area is 125 Å². The van der Waals surface area contributed by atoms with E-state index >= 15 is 0 Å². The number of hydrogen-bond acceptors (Lipinski definition) is 4. The van der Waals surface area contributed by atoms with Gasteiger partial charge in [0.05, 0.1) is 17.9 Å². The van der Waals surface area contributed by atoms with E-state index in [1.807, 2.05) is 6.92 Å². The van der Waals surface area contributed by atoms with Crippen LogP contribution < -0.4 is 0 Å². The third kappa shape index (κ3) is 3.57. The molecule has 1 aliphatic heterocycles. The Hall–Kier alpha value is -1.10. The van der Waals surface area contributed by atoms with Gasteiger partial charge in [0.2, 0.25) is 0 Å². The lowest BCUT2D eigenvalue weighted by molar-refractivity contribution is -0.150. The summed E-state index contributed by atoms with van der Waals surface area (Å²) in [4.78, 5) is 21.6. The van der Waals surface area contributed by atoms with Crippen LogP contribution in [0.2, 0.25) is 0 Å². The number of aliphatic carboxylic acids is 1. The second kappa shape index (κ2) is 6.77. The van der Waals surface area contributed by atoms with Crippen LogP contribution in [0.15, 0.2) is 0 Å². The predicted octanol–water partition coefficient (Wildman–Crippen LogP) is 2.22. The van der Waals surface area contributed by atoms with Crippen LogP contribution in [-0.2, 0) is 14.3 Å². The normalized spacial score (nSPS) is 40.6. The van der Waals surface area contributed by atoms with Crippen LogP contribution in [0.25, 0.3) is 0 Å². The first-order chi connectivity index (χ1) is 9.96. The maximum atomic E-state index is 11.0. The zero-order valence-corrected chi connectivity index (χ0v) is 12.8. The van der Waals surface area contributed by atoms with Gasteiger partial charge in [0, 0.05) is 0 Å². The number of rotatable bonds is 3. The van der Waals surface area contributed by atoms with Crippen molar-refractivity contribution in [3.63, 3.8) is 0 Å². The van der Waals surface area contributed by atoms with Crippen LogP contribution in [0.5, 0.6) is 0 Å². The molecule has 2 saturated carbocycles. The zero-order valence-electron chi connectivity index (χ0n) is 12.8. The first-order valence-electron chi connectivity index (χ1n) is 8.07. The van der Waals surface area contributed by atoms with Gasteiger partial charge in [0.15, 0.2) is 0 Å². The van der Waals surface area contributed by atoms with Gasteiger partial charge in [-0.05, 0) is 37.5 Å². The third-order valence-corrected chi connectivity index (χ3v) is 5.27. The maximum absolute atomic E-state index is 11.0. The van der Waals surface area contributed by atoms with E-state index in [0.29, 0.717) is 18.8 Å². The molecule has 1 heterocycles. The molecule has 6 atom stereocenters. The van der Waals surface area contributed by atoms with Gasteiger partial charge in [-0.25, -0.2) is 0 Å². The molecule has 2 bridgehead atoms. The van der Waals surface area contributed by atoms with E-state index in [1.54, 1.807) is 0 Å². The van der Waals surface area contributed by atoms with Crippen molar-refractivity contribution in [1.29, 1.82) is 0 Å². The molecule has 0 aromatic carbocycles. The molecule has 0 amide bonds. The van der Waals surface area contributed by atoms with Crippen LogP contribution in [0.1, 0.15) is 52.4 Å². The van der Waals surface area contributed by atoms with E-state index in [1.165, 1.54) is 0 Å². The minimum absolute atomic E-state index is 0.0584. The lowest BCUT2D eigenvalue weighted by atomic mass is 9.94. The Morgan fingerprint density at radius 1 is 1.14 bits per heavy atom. The van der Waals surface area contributed by atoms with E-state index in [9.17, 15) is 14.7 Å². The summed E-state index contributed by atoms with van der Waals surface area (Å²) >= 11 is 0. The summed E-state index contributed by atoms with van der Waals surface area (Å²) in [5.74, 6) is 0.0650. The first-order valence-corrected chi connectivity index (χ1v) is 8.07. The quantitative estimate of drug-likeness (QED) is 0.780. The number of aliphatic hydroxyl groups excluding tert-OH is 1. The lowest BCUT2D eigenvalue weighted by Gasteiger charge is -2.18. The summed E-state index contributed by atoms with van der Waals surface area (Å²) in [6, 6.07) is 0. The average molecular weight is 298 g/mol. The monoisotopic (exact) mass is 298 g/mol. The Bertz CT molecular complexity index is 394. The Balaban J connectivity index is 0.000000154. The van der Waals surface area contributed by atoms with Gasteiger partial charge < -0.3 is 14.9 Å². The van der Waals surface area contributed by atoms with Crippen molar-refractivity contribution in [2.45, 2.75) is 64.6 Å². The molecular weight excluding hydrogens is 272 g/mol. The summed E-state index contributed by atoms with van der Waals surface area (Å²) in [7, 11) is 0. The van der Waals surface area contributed by atoms with Gasteiger partial charge in [0.25, 0.3) is 0 Å². The second-order valence-electron chi connectivity index (χ2n) is 6.54. The van der Waals surface area contributed by atoms with Crippen molar-refractivity contribution in [3.05, 3.63) is 0 Å². The largest absolute Gasteiger partial charge is 0.481 e. The summed E-state index contributed by atoms with van der Waals surface area (Å²) in [5, 5.41) is 17.9. The Morgan fingerprint density at radius 2 is 1.81 bits per heavy atom. The van der Waals surface area contributed by atoms with Crippen molar-refractivity contribution in [3.8, 4) is 0 Å². The molecule has 0 radical (unpaired) electrons. The molecule has 3 rings (SSSR count). The lowest BCUT2D eigenvalue weighted by Crippen LogP contribution is -2.22. The highest BCUT2D eigenvalue weighted by molar-refractivity contribution is 5.76. The molecule has 5 heteroatoms. The number of fused-ring (bicyclic) bond motifs is 2. The number of carboxylic acid groups (broad SMARTS) is 1. The molecule has 2 aliphatic carbocycles. The minimum atomic E-state index is -0.756. The van der Waals surface area contributed by atoms with Gasteiger partial charge in [-0.1, -0.05) is 26.7 Å². The first kappa shape index (κ1) is 16.3. The summed E-state index contributed by atoms with van der Waals surface area (Å²) < 4.78 is 5.05. The van der Waals surface area contributed by atoms with E-state index in [0.717, 1.165) is 25.7 Å². The minimum Gasteiger partial charge on any atom is -0.481 e. The zero-order chi connectivity index (χ0) is 15.6. The summed E-state index contributed by atoms with van der Waals surface area (Å²) in [6.07, 6.45) is 5.10. The Morgan fingerprint density at radius 3 is 2.19 bits per heavy atom. The number of ether oxygens (including phenoxy) is 1. The number of carbonyl (C=O) groups is 2. The number of carboxylic acids is 1. The number of aliphatic hydroxyl groups is 1. The molecule has 0 aromatic heterocycles. The topological polar surface area (TPSA) is 83.8 Å². The standard InChI is InChI=1S/C8H14O3.C8H12O2/c1-2-5-3-6(9)4-7(5)8(10)11;1-2-5-3-6-4-7(5)8(9)10-6/h5-7,9H,2-4H2,1H3,(H,10,11);5-7H,2-4H2,1H3/t5-,6+,7+;/m1./s1. The third-order valence-electron chi connectivity index (χ3n) is 5.27. The van der Waals surface area contributed by atoms with E-state index in [-0.39, 0.29) is 35.9 Å². The summed E-state index contributed by atoms with van der Waals surface area (Å²) in [5.41, 5.74) is 0. The number of esters is 1.